The Hall–Kier alpha value is -1.22. The van der Waals surface area contributed by atoms with Crippen LogP contribution in [0.2, 0.25) is 0 Å². The molecule has 2 rings (SSSR count). The molecular weight excluding hydrogens is 190 g/mol. The number of carbonyl (C=O) groups is 1. The predicted molar refractivity (Wildman–Crippen MR) is 56.8 cm³/mol. The molecule has 0 spiro atoms. The summed E-state index contributed by atoms with van der Waals surface area (Å²) in [7, 11) is 1.60. The topological polar surface area (TPSA) is 39.2 Å². The second-order valence-electron chi connectivity index (χ2n) is 4.05. The smallest absolute Gasteiger partial charge is 0.193 e. The Kier molecular flexibility index (Phi) is 2.82. The molecule has 3 nitrogen and oxygen atoms in total. The number of aromatic nitrogens is 1. The standard InChI is InChI=1S/C12H15NO2/c1-8-3-4-10(7-13-8)11(14)12(15-2)9-5-6-9/h3-4,7,9,12H,5-6H2,1-2H3. The molecule has 1 heterocycles. The van der Waals surface area contributed by atoms with Crippen LogP contribution in [0.3, 0.4) is 0 Å². The predicted octanol–water partition coefficient (Wildman–Crippen LogP) is 2.00. The van der Waals surface area contributed by atoms with E-state index in [-0.39, 0.29) is 11.9 Å². The monoisotopic (exact) mass is 205 g/mol. The van der Waals surface area contributed by atoms with Gasteiger partial charge < -0.3 is 4.74 Å². The summed E-state index contributed by atoms with van der Waals surface area (Å²) in [4.78, 5) is 16.1. The van der Waals surface area contributed by atoms with Crippen LogP contribution in [-0.2, 0) is 4.74 Å². The average Bonchev–Trinajstić information content (AvgIpc) is 3.04. The lowest BCUT2D eigenvalue weighted by Gasteiger charge is -2.12. The minimum atomic E-state index is -0.269. The second-order valence-corrected chi connectivity index (χ2v) is 4.05. The third-order valence-corrected chi connectivity index (χ3v) is 2.76. The highest BCUT2D eigenvalue weighted by Gasteiger charge is 2.36. The number of ether oxygens (including phenoxy) is 1. The molecule has 3 heteroatoms. The molecule has 1 atom stereocenters. The molecule has 1 aromatic heterocycles. The van der Waals surface area contributed by atoms with Crippen LogP contribution in [0.4, 0.5) is 0 Å². The van der Waals surface area contributed by atoms with Gasteiger partial charge in [0.15, 0.2) is 5.78 Å². The van der Waals surface area contributed by atoms with Gasteiger partial charge in [0.1, 0.15) is 6.10 Å². The van der Waals surface area contributed by atoms with Crippen LogP contribution in [0.1, 0.15) is 28.9 Å². The van der Waals surface area contributed by atoms with Gasteiger partial charge >= 0.3 is 0 Å². The average molecular weight is 205 g/mol. The highest BCUT2D eigenvalue weighted by molar-refractivity contribution is 5.99. The summed E-state index contributed by atoms with van der Waals surface area (Å²) in [6.07, 6.45) is 3.56. The first kappa shape index (κ1) is 10.3. The summed E-state index contributed by atoms with van der Waals surface area (Å²) in [6, 6.07) is 3.67. The Morgan fingerprint density at radius 2 is 2.27 bits per heavy atom. The summed E-state index contributed by atoms with van der Waals surface area (Å²) < 4.78 is 5.24. The third-order valence-electron chi connectivity index (χ3n) is 2.76. The van der Waals surface area contributed by atoms with Crippen molar-refractivity contribution < 1.29 is 9.53 Å². The Morgan fingerprint density at radius 3 is 2.73 bits per heavy atom. The summed E-state index contributed by atoms with van der Waals surface area (Å²) in [5.41, 5.74) is 1.58. The second kappa shape index (κ2) is 4.11. The maximum atomic E-state index is 12.0. The molecule has 1 aliphatic carbocycles. The van der Waals surface area contributed by atoms with Gasteiger partial charge in [0.25, 0.3) is 0 Å². The Labute approximate surface area is 89.5 Å². The quantitative estimate of drug-likeness (QED) is 0.706. The summed E-state index contributed by atoms with van der Waals surface area (Å²) in [5.74, 6) is 0.483. The maximum absolute atomic E-state index is 12.0. The number of methoxy groups -OCH3 is 1. The molecule has 1 saturated carbocycles. The summed E-state index contributed by atoms with van der Waals surface area (Å²) >= 11 is 0. The number of hydrogen-bond acceptors (Lipinski definition) is 3. The fraction of sp³-hybridized carbons (Fsp3) is 0.500. The van der Waals surface area contributed by atoms with Crippen molar-refractivity contribution in [3.63, 3.8) is 0 Å². The number of hydrogen-bond donors (Lipinski definition) is 0. The highest BCUT2D eigenvalue weighted by Crippen LogP contribution is 2.35. The zero-order valence-electron chi connectivity index (χ0n) is 9.06. The molecule has 15 heavy (non-hydrogen) atoms. The Morgan fingerprint density at radius 1 is 1.53 bits per heavy atom. The number of ketones is 1. The lowest BCUT2D eigenvalue weighted by molar-refractivity contribution is 0.0539. The van der Waals surface area contributed by atoms with E-state index in [1.807, 2.05) is 19.1 Å². The van der Waals surface area contributed by atoms with Gasteiger partial charge in [-0.05, 0) is 37.8 Å². The van der Waals surface area contributed by atoms with Crippen molar-refractivity contribution in [2.75, 3.05) is 7.11 Å². The number of pyridine rings is 1. The van der Waals surface area contributed by atoms with E-state index in [2.05, 4.69) is 4.98 Å². The molecule has 0 amide bonds. The Balaban J connectivity index is 2.15. The number of nitrogens with zero attached hydrogens (tertiary/aromatic N) is 1. The number of Topliss-reactive ketones (excluding diaryl/α,β-unsaturated/α-hetero) is 1. The van der Waals surface area contributed by atoms with Crippen molar-refractivity contribution in [3.8, 4) is 0 Å². The molecule has 0 aliphatic heterocycles. The zero-order chi connectivity index (χ0) is 10.8. The Bertz CT molecular complexity index is 354. The molecule has 0 aromatic carbocycles. The zero-order valence-corrected chi connectivity index (χ0v) is 9.06. The van der Waals surface area contributed by atoms with E-state index < -0.39 is 0 Å². The molecule has 80 valence electrons. The number of aryl methyl sites for hydroxylation is 1. The molecule has 1 fully saturated rings. The fourth-order valence-corrected chi connectivity index (χ4v) is 1.69. The van der Waals surface area contributed by atoms with E-state index in [0.717, 1.165) is 18.5 Å². The van der Waals surface area contributed by atoms with Crippen molar-refractivity contribution in [1.82, 2.24) is 4.98 Å². The summed E-state index contributed by atoms with van der Waals surface area (Å²) in [6.45, 7) is 1.91. The van der Waals surface area contributed by atoms with E-state index >= 15 is 0 Å². The van der Waals surface area contributed by atoms with E-state index in [1.54, 1.807) is 13.3 Å². The van der Waals surface area contributed by atoms with Crippen molar-refractivity contribution >= 4 is 5.78 Å². The van der Waals surface area contributed by atoms with Crippen molar-refractivity contribution in [3.05, 3.63) is 29.6 Å². The van der Waals surface area contributed by atoms with Gasteiger partial charge in [0.05, 0.1) is 0 Å². The lowest BCUT2D eigenvalue weighted by atomic mass is 10.0. The van der Waals surface area contributed by atoms with Crippen molar-refractivity contribution in [1.29, 1.82) is 0 Å². The summed E-state index contributed by atoms with van der Waals surface area (Å²) in [5, 5.41) is 0. The highest BCUT2D eigenvalue weighted by atomic mass is 16.5. The van der Waals surface area contributed by atoms with Crippen LogP contribution >= 0.6 is 0 Å². The minimum absolute atomic E-state index is 0.0625. The van der Waals surface area contributed by atoms with Crippen molar-refractivity contribution in [2.24, 2.45) is 5.92 Å². The molecule has 1 unspecified atom stereocenters. The van der Waals surface area contributed by atoms with E-state index in [1.165, 1.54) is 0 Å². The molecule has 0 N–H and O–H groups in total. The van der Waals surface area contributed by atoms with Gasteiger partial charge in [0, 0.05) is 24.6 Å². The van der Waals surface area contributed by atoms with Crippen LogP contribution in [0, 0.1) is 12.8 Å². The normalized spacial score (nSPS) is 17.5. The van der Waals surface area contributed by atoms with Gasteiger partial charge in [-0.1, -0.05) is 0 Å². The first-order chi connectivity index (χ1) is 7.22. The molecule has 1 aromatic rings. The first-order valence-corrected chi connectivity index (χ1v) is 5.22. The van der Waals surface area contributed by atoms with E-state index in [0.29, 0.717) is 11.5 Å². The van der Waals surface area contributed by atoms with Crippen LogP contribution in [0.25, 0.3) is 0 Å². The molecule has 0 saturated heterocycles. The SMILES string of the molecule is COC(C(=O)c1ccc(C)nc1)C1CC1. The van der Waals surface area contributed by atoms with Crippen LogP contribution < -0.4 is 0 Å². The molecule has 1 aliphatic rings. The molecule has 0 bridgehead atoms. The van der Waals surface area contributed by atoms with Gasteiger partial charge in [-0.2, -0.15) is 0 Å². The minimum Gasteiger partial charge on any atom is -0.373 e. The van der Waals surface area contributed by atoms with Crippen LogP contribution in [0.15, 0.2) is 18.3 Å². The fourth-order valence-electron chi connectivity index (χ4n) is 1.69. The molecule has 0 radical (unpaired) electrons. The maximum Gasteiger partial charge on any atom is 0.193 e. The lowest BCUT2D eigenvalue weighted by Crippen LogP contribution is -2.25. The largest absolute Gasteiger partial charge is 0.373 e. The van der Waals surface area contributed by atoms with Gasteiger partial charge in [-0.25, -0.2) is 0 Å². The van der Waals surface area contributed by atoms with Gasteiger partial charge in [-0.15, -0.1) is 0 Å². The van der Waals surface area contributed by atoms with Crippen molar-refractivity contribution in [2.45, 2.75) is 25.9 Å². The van der Waals surface area contributed by atoms with E-state index in [9.17, 15) is 4.79 Å². The van der Waals surface area contributed by atoms with Gasteiger partial charge in [0.2, 0.25) is 0 Å². The first-order valence-electron chi connectivity index (χ1n) is 5.22. The van der Waals surface area contributed by atoms with Gasteiger partial charge in [-0.3, -0.25) is 9.78 Å². The number of rotatable bonds is 4. The third kappa shape index (κ3) is 2.23. The molecular formula is C12H15NO2. The number of carbonyl (C=O) groups excluding carboxylic acids is 1. The van der Waals surface area contributed by atoms with E-state index in [4.69, 9.17) is 4.74 Å². The van der Waals surface area contributed by atoms with Crippen LogP contribution in [0.5, 0.6) is 0 Å². The van der Waals surface area contributed by atoms with Crippen LogP contribution in [-0.4, -0.2) is 24.0 Å².